The first-order chi connectivity index (χ1) is 8.19. The third-order valence-electron chi connectivity index (χ3n) is 2.94. The number of anilines is 1. The van der Waals surface area contributed by atoms with Gasteiger partial charge in [-0.2, -0.15) is 11.8 Å². The predicted octanol–water partition coefficient (Wildman–Crippen LogP) is 4.69. The topological polar surface area (TPSA) is 24.9 Å². The minimum Gasteiger partial charge on any atom is -0.366 e. The van der Waals surface area contributed by atoms with Crippen LogP contribution < -0.4 is 5.32 Å². The van der Waals surface area contributed by atoms with Crippen LogP contribution in [0.15, 0.2) is 21.2 Å². The van der Waals surface area contributed by atoms with Crippen molar-refractivity contribution in [1.82, 2.24) is 4.98 Å². The molecule has 5 heteroatoms. The number of hydrogen-bond donors (Lipinski definition) is 1. The largest absolute Gasteiger partial charge is 0.366 e. The van der Waals surface area contributed by atoms with E-state index in [-0.39, 0.29) is 0 Å². The molecule has 1 aliphatic rings. The molecule has 0 spiro atoms. The highest BCUT2D eigenvalue weighted by atomic mass is 79.9. The fourth-order valence-corrected chi connectivity index (χ4v) is 4.42. The van der Waals surface area contributed by atoms with Crippen molar-refractivity contribution < 1.29 is 0 Å². The van der Waals surface area contributed by atoms with Crippen LogP contribution in [0.4, 0.5) is 5.82 Å². The number of aromatic nitrogens is 1. The number of rotatable bonds is 4. The first kappa shape index (κ1) is 13.7. The minimum atomic E-state index is 0.573. The van der Waals surface area contributed by atoms with Gasteiger partial charge in [0.15, 0.2) is 0 Å². The molecule has 0 radical (unpaired) electrons. The van der Waals surface area contributed by atoms with Crippen molar-refractivity contribution in [2.45, 2.75) is 37.5 Å². The Balaban J connectivity index is 1.93. The lowest BCUT2D eigenvalue weighted by molar-refractivity contribution is 0.751. The highest BCUT2D eigenvalue weighted by Crippen LogP contribution is 2.33. The van der Waals surface area contributed by atoms with Crippen LogP contribution in [0.3, 0.4) is 0 Å². The van der Waals surface area contributed by atoms with E-state index in [1.165, 1.54) is 25.0 Å². The Morgan fingerprint density at radius 3 is 3.00 bits per heavy atom. The van der Waals surface area contributed by atoms with Crippen molar-refractivity contribution in [1.29, 1.82) is 0 Å². The van der Waals surface area contributed by atoms with Crippen molar-refractivity contribution >= 4 is 49.4 Å². The highest BCUT2D eigenvalue weighted by molar-refractivity contribution is 9.11. The van der Waals surface area contributed by atoms with E-state index < -0.39 is 0 Å². The van der Waals surface area contributed by atoms with E-state index in [9.17, 15) is 0 Å². The van der Waals surface area contributed by atoms with Gasteiger partial charge in [0.2, 0.25) is 0 Å². The zero-order chi connectivity index (χ0) is 12.3. The molecule has 1 aromatic heterocycles. The maximum atomic E-state index is 4.40. The monoisotopic (exact) mass is 378 g/mol. The van der Waals surface area contributed by atoms with E-state index in [2.05, 4.69) is 60.8 Å². The van der Waals surface area contributed by atoms with Gasteiger partial charge < -0.3 is 5.32 Å². The lowest BCUT2D eigenvalue weighted by Gasteiger charge is -2.14. The number of thioether (sulfide) groups is 1. The van der Waals surface area contributed by atoms with Crippen LogP contribution in [0.25, 0.3) is 0 Å². The molecule has 0 saturated heterocycles. The van der Waals surface area contributed by atoms with Gasteiger partial charge in [0.1, 0.15) is 5.82 Å². The smallest absolute Gasteiger partial charge is 0.140 e. The van der Waals surface area contributed by atoms with Crippen LogP contribution in [0.2, 0.25) is 0 Å². The fraction of sp³-hybridized carbons (Fsp3) is 0.583. The van der Waals surface area contributed by atoms with Crippen molar-refractivity contribution in [2.24, 2.45) is 0 Å². The molecule has 2 rings (SSSR count). The molecule has 17 heavy (non-hydrogen) atoms. The second kappa shape index (κ2) is 6.43. The van der Waals surface area contributed by atoms with E-state index in [1.807, 2.05) is 12.3 Å². The second-order valence-corrected chi connectivity index (χ2v) is 7.56. The Kier molecular flexibility index (Phi) is 5.18. The molecule has 2 unspecified atom stereocenters. The summed E-state index contributed by atoms with van der Waals surface area (Å²) in [6, 6.07) is 2.60. The number of nitrogens with one attached hydrogen (secondary N) is 1. The van der Waals surface area contributed by atoms with E-state index >= 15 is 0 Å². The molecule has 2 nitrogen and oxygen atoms in total. The van der Waals surface area contributed by atoms with Crippen molar-refractivity contribution in [2.75, 3.05) is 11.1 Å². The van der Waals surface area contributed by atoms with Gasteiger partial charge in [0, 0.05) is 22.0 Å². The maximum Gasteiger partial charge on any atom is 0.140 e. The molecule has 1 N–H and O–H groups in total. The van der Waals surface area contributed by atoms with Crippen LogP contribution in [-0.2, 0) is 0 Å². The molecular weight excluding hydrogens is 364 g/mol. The average Bonchev–Trinajstić information content (AvgIpc) is 2.71. The second-order valence-electron chi connectivity index (χ2n) is 4.22. The Morgan fingerprint density at radius 2 is 2.29 bits per heavy atom. The van der Waals surface area contributed by atoms with E-state index in [0.717, 1.165) is 20.0 Å². The Hall–Kier alpha value is 0.260. The Bertz CT molecular complexity index is 387. The normalized spacial score (nSPS) is 23.9. The lowest BCUT2D eigenvalue weighted by atomic mass is 10.2. The molecular formula is C12H16Br2N2S. The zero-order valence-corrected chi connectivity index (χ0v) is 13.7. The average molecular weight is 380 g/mol. The van der Waals surface area contributed by atoms with Crippen LogP contribution >= 0.6 is 43.6 Å². The van der Waals surface area contributed by atoms with Crippen LogP contribution in [0, 0.1) is 0 Å². The van der Waals surface area contributed by atoms with E-state index in [1.54, 1.807) is 0 Å². The quantitative estimate of drug-likeness (QED) is 0.821. The van der Waals surface area contributed by atoms with Gasteiger partial charge in [0.25, 0.3) is 0 Å². The molecule has 0 aromatic carbocycles. The van der Waals surface area contributed by atoms with Gasteiger partial charge >= 0.3 is 0 Å². The first-order valence-electron chi connectivity index (χ1n) is 5.88. The number of hydrogen-bond acceptors (Lipinski definition) is 3. The molecule has 1 aliphatic carbocycles. The summed E-state index contributed by atoms with van der Waals surface area (Å²) in [5.74, 6) is 2.18. The van der Waals surface area contributed by atoms with Gasteiger partial charge in [-0.05, 0) is 62.9 Å². The van der Waals surface area contributed by atoms with Gasteiger partial charge in [-0.3, -0.25) is 0 Å². The lowest BCUT2D eigenvalue weighted by Crippen LogP contribution is -2.17. The van der Waals surface area contributed by atoms with Crippen molar-refractivity contribution in [3.05, 3.63) is 21.2 Å². The summed E-state index contributed by atoms with van der Waals surface area (Å²) in [5, 5.41) is 4.36. The molecule has 1 heterocycles. The summed E-state index contributed by atoms with van der Waals surface area (Å²) in [6.07, 6.45) is 5.66. The molecule has 94 valence electrons. The van der Waals surface area contributed by atoms with Gasteiger partial charge in [-0.1, -0.05) is 6.92 Å². The maximum absolute atomic E-state index is 4.40. The zero-order valence-electron chi connectivity index (χ0n) is 9.75. The third kappa shape index (κ3) is 3.86. The molecule has 1 aromatic rings. The van der Waals surface area contributed by atoms with E-state index in [4.69, 9.17) is 0 Å². The Morgan fingerprint density at radius 1 is 1.47 bits per heavy atom. The molecule has 0 aliphatic heterocycles. The summed E-state index contributed by atoms with van der Waals surface area (Å²) >= 11 is 9.04. The highest BCUT2D eigenvalue weighted by Gasteiger charge is 2.24. The first-order valence-corrected chi connectivity index (χ1v) is 8.51. The third-order valence-corrected chi connectivity index (χ3v) is 5.21. The fourth-order valence-electron chi connectivity index (χ4n) is 2.17. The van der Waals surface area contributed by atoms with Crippen LogP contribution in [0.5, 0.6) is 0 Å². The molecule has 1 fully saturated rings. The van der Waals surface area contributed by atoms with Crippen LogP contribution in [0.1, 0.15) is 26.2 Å². The predicted molar refractivity (Wildman–Crippen MR) is 82.8 cm³/mol. The molecule has 0 amide bonds. The minimum absolute atomic E-state index is 0.573. The molecule has 2 atom stereocenters. The number of pyridine rings is 1. The van der Waals surface area contributed by atoms with Gasteiger partial charge in [-0.15, -0.1) is 0 Å². The summed E-state index contributed by atoms with van der Waals surface area (Å²) in [5.41, 5.74) is 0. The van der Waals surface area contributed by atoms with Gasteiger partial charge in [0.05, 0.1) is 4.47 Å². The summed E-state index contributed by atoms with van der Waals surface area (Å²) in [7, 11) is 0. The SMILES string of the molecule is CCSC1CCC(Nc2ncc(Br)cc2Br)C1. The Labute approximate surface area is 124 Å². The van der Waals surface area contributed by atoms with Crippen molar-refractivity contribution in [3.8, 4) is 0 Å². The van der Waals surface area contributed by atoms with E-state index in [0.29, 0.717) is 6.04 Å². The summed E-state index contributed by atoms with van der Waals surface area (Å²) in [6.45, 7) is 2.23. The molecule has 1 saturated carbocycles. The van der Waals surface area contributed by atoms with Gasteiger partial charge in [-0.25, -0.2) is 4.98 Å². The van der Waals surface area contributed by atoms with Crippen molar-refractivity contribution in [3.63, 3.8) is 0 Å². The molecule has 0 bridgehead atoms. The standard InChI is InChI=1S/C12H16Br2N2S/c1-2-17-10-4-3-9(6-10)16-12-11(14)5-8(13)7-15-12/h5,7,9-10H,2-4,6H2,1H3,(H,15,16). The number of nitrogens with zero attached hydrogens (tertiary/aromatic N) is 1. The summed E-state index contributed by atoms with van der Waals surface area (Å²) in [4.78, 5) is 4.40. The summed E-state index contributed by atoms with van der Waals surface area (Å²) < 4.78 is 2.03. The van der Waals surface area contributed by atoms with Crippen LogP contribution in [-0.4, -0.2) is 22.0 Å². The number of halogens is 2.